The molecule has 0 spiro atoms. The van der Waals surface area contributed by atoms with Crippen molar-refractivity contribution in [2.45, 2.75) is 68.8 Å². The number of aromatic nitrogens is 3. The Balaban J connectivity index is 1.35. The monoisotopic (exact) mass is 399 g/mol. The minimum atomic E-state index is -0.233. The Labute approximate surface area is 171 Å². The Morgan fingerprint density at radius 2 is 1.89 bits per heavy atom. The van der Waals surface area contributed by atoms with E-state index >= 15 is 0 Å². The summed E-state index contributed by atoms with van der Waals surface area (Å²) < 4.78 is 2.15. The summed E-state index contributed by atoms with van der Waals surface area (Å²) in [4.78, 5) is 15.1. The molecule has 0 unspecified atom stereocenters. The molecule has 2 heterocycles. The van der Waals surface area contributed by atoms with Crippen molar-refractivity contribution in [1.29, 1.82) is 0 Å². The molecular weight excluding hydrogens is 370 g/mol. The maximum atomic E-state index is 12.7. The van der Waals surface area contributed by atoms with E-state index in [-0.39, 0.29) is 11.2 Å². The van der Waals surface area contributed by atoms with E-state index in [0.717, 1.165) is 36.3 Å². The second-order valence-corrected chi connectivity index (χ2v) is 9.01. The van der Waals surface area contributed by atoms with Crippen LogP contribution in [0.25, 0.3) is 0 Å². The van der Waals surface area contributed by atoms with Crippen LogP contribution in [0.5, 0.6) is 0 Å². The van der Waals surface area contributed by atoms with Gasteiger partial charge in [-0.2, -0.15) is 0 Å². The van der Waals surface area contributed by atoms with Crippen molar-refractivity contribution in [2.75, 3.05) is 23.3 Å². The average molecular weight is 400 g/mol. The quantitative estimate of drug-likeness (QED) is 0.704. The summed E-state index contributed by atoms with van der Waals surface area (Å²) in [6, 6.07) is 8.21. The molecule has 6 nitrogen and oxygen atoms in total. The highest BCUT2D eigenvalue weighted by molar-refractivity contribution is 8.00. The van der Waals surface area contributed by atoms with Crippen LogP contribution in [0.15, 0.2) is 29.4 Å². The van der Waals surface area contributed by atoms with Crippen molar-refractivity contribution in [3.05, 3.63) is 30.1 Å². The van der Waals surface area contributed by atoms with E-state index in [1.807, 2.05) is 19.1 Å². The third-order valence-corrected chi connectivity index (χ3v) is 6.59. The van der Waals surface area contributed by atoms with E-state index in [0.29, 0.717) is 5.92 Å². The van der Waals surface area contributed by atoms with Gasteiger partial charge in [-0.15, -0.1) is 10.2 Å². The fraction of sp³-hybridized carbons (Fsp3) is 0.571. The van der Waals surface area contributed by atoms with Crippen molar-refractivity contribution in [1.82, 2.24) is 14.8 Å². The molecule has 1 amide bonds. The number of piperidine rings is 1. The normalized spacial score (nSPS) is 18.1. The molecule has 1 aromatic carbocycles. The minimum absolute atomic E-state index is 0.00523. The molecule has 2 aromatic rings. The van der Waals surface area contributed by atoms with Crippen LogP contribution in [-0.2, 0) is 11.3 Å². The van der Waals surface area contributed by atoms with Gasteiger partial charge in [0.2, 0.25) is 5.91 Å². The van der Waals surface area contributed by atoms with Gasteiger partial charge < -0.3 is 14.8 Å². The Bertz CT molecular complexity index is 809. The van der Waals surface area contributed by atoms with Crippen LogP contribution in [0.2, 0.25) is 0 Å². The standard InChI is InChI=1S/C21H29N5OS/c1-3-26-19(16-7-8-16)23-24-21(26)28-15(2)20(27)22-17-9-11-18(12-10-17)25-13-5-4-6-14-25/h9-12,15-16H,3-8,13-14H2,1-2H3,(H,22,27)/t15-/m0/s1. The fourth-order valence-electron chi connectivity index (χ4n) is 3.69. The molecule has 2 aliphatic rings. The average Bonchev–Trinajstić information content (AvgIpc) is 3.50. The zero-order chi connectivity index (χ0) is 19.5. The third kappa shape index (κ3) is 4.35. The first kappa shape index (κ1) is 19.3. The van der Waals surface area contributed by atoms with E-state index in [2.05, 4.69) is 44.0 Å². The molecule has 1 saturated heterocycles. The summed E-state index contributed by atoms with van der Waals surface area (Å²) in [6.45, 7) is 7.12. The van der Waals surface area contributed by atoms with Crippen molar-refractivity contribution >= 4 is 29.0 Å². The first-order chi connectivity index (χ1) is 13.7. The van der Waals surface area contributed by atoms with Gasteiger partial charge in [-0.05, 0) is 70.2 Å². The molecule has 4 rings (SSSR count). The highest BCUT2D eigenvalue weighted by Crippen LogP contribution is 2.40. The van der Waals surface area contributed by atoms with Gasteiger partial charge in [0.25, 0.3) is 0 Å². The molecule has 1 saturated carbocycles. The SMILES string of the molecule is CCn1c(S[C@@H](C)C(=O)Nc2ccc(N3CCCCC3)cc2)nnc1C1CC1. The highest BCUT2D eigenvalue weighted by Gasteiger charge is 2.30. The van der Waals surface area contributed by atoms with E-state index in [4.69, 9.17) is 0 Å². The lowest BCUT2D eigenvalue weighted by molar-refractivity contribution is -0.115. The van der Waals surface area contributed by atoms with E-state index in [1.54, 1.807) is 0 Å². The molecule has 0 radical (unpaired) electrons. The number of amides is 1. The van der Waals surface area contributed by atoms with Crippen molar-refractivity contribution < 1.29 is 4.79 Å². The van der Waals surface area contributed by atoms with Gasteiger partial charge in [-0.1, -0.05) is 11.8 Å². The molecule has 1 N–H and O–H groups in total. The van der Waals surface area contributed by atoms with Crippen LogP contribution < -0.4 is 10.2 Å². The van der Waals surface area contributed by atoms with Crippen LogP contribution in [0, 0.1) is 0 Å². The zero-order valence-electron chi connectivity index (χ0n) is 16.7. The molecule has 0 bridgehead atoms. The maximum Gasteiger partial charge on any atom is 0.237 e. The van der Waals surface area contributed by atoms with E-state index in [9.17, 15) is 4.79 Å². The van der Waals surface area contributed by atoms with Gasteiger partial charge in [0.15, 0.2) is 5.16 Å². The summed E-state index contributed by atoms with van der Waals surface area (Å²) in [5.74, 6) is 1.63. The van der Waals surface area contributed by atoms with Crippen LogP contribution in [0.1, 0.15) is 57.7 Å². The van der Waals surface area contributed by atoms with Gasteiger partial charge in [-0.3, -0.25) is 4.79 Å². The zero-order valence-corrected chi connectivity index (χ0v) is 17.5. The van der Waals surface area contributed by atoms with Gasteiger partial charge in [0.1, 0.15) is 5.82 Å². The lowest BCUT2D eigenvalue weighted by atomic mass is 10.1. The minimum Gasteiger partial charge on any atom is -0.372 e. The van der Waals surface area contributed by atoms with Crippen molar-refractivity contribution in [3.63, 3.8) is 0 Å². The number of hydrogen-bond donors (Lipinski definition) is 1. The third-order valence-electron chi connectivity index (χ3n) is 5.51. The van der Waals surface area contributed by atoms with Crippen LogP contribution in [-0.4, -0.2) is 39.0 Å². The molecule has 28 heavy (non-hydrogen) atoms. The van der Waals surface area contributed by atoms with Crippen molar-refractivity contribution in [2.24, 2.45) is 0 Å². The predicted molar refractivity (Wildman–Crippen MR) is 114 cm³/mol. The second kappa shape index (κ2) is 8.55. The molecule has 2 fully saturated rings. The number of benzene rings is 1. The number of hydrogen-bond acceptors (Lipinski definition) is 5. The van der Waals surface area contributed by atoms with Crippen molar-refractivity contribution in [3.8, 4) is 0 Å². The van der Waals surface area contributed by atoms with Gasteiger partial charge in [0.05, 0.1) is 5.25 Å². The summed E-state index contributed by atoms with van der Waals surface area (Å²) >= 11 is 1.48. The smallest absolute Gasteiger partial charge is 0.237 e. The van der Waals surface area contributed by atoms with Gasteiger partial charge in [0, 0.05) is 36.9 Å². The number of carbonyl (C=O) groups excluding carboxylic acids is 1. The molecule has 1 aromatic heterocycles. The van der Waals surface area contributed by atoms with E-state index in [1.165, 1.54) is 49.6 Å². The number of thioether (sulfide) groups is 1. The molecule has 1 aliphatic carbocycles. The van der Waals surface area contributed by atoms with Gasteiger partial charge >= 0.3 is 0 Å². The number of rotatable bonds is 7. The summed E-state index contributed by atoms with van der Waals surface area (Å²) in [5, 5.41) is 12.3. The van der Waals surface area contributed by atoms with Crippen LogP contribution in [0.4, 0.5) is 11.4 Å². The second-order valence-electron chi connectivity index (χ2n) is 7.70. The highest BCUT2D eigenvalue weighted by atomic mass is 32.2. The maximum absolute atomic E-state index is 12.7. The number of nitrogens with one attached hydrogen (secondary N) is 1. The topological polar surface area (TPSA) is 63.1 Å². The molecule has 7 heteroatoms. The predicted octanol–water partition coefficient (Wildman–Crippen LogP) is 4.29. The number of nitrogens with zero attached hydrogens (tertiary/aromatic N) is 4. The first-order valence-corrected chi connectivity index (χ1v) is 11.3. The number of anilines is 2. The Kier molecular flexibility index (Phi) is 5.90. The molecular formula is C21H29N5OS. The largest absolute Gasteiger partial charge is 0.372 e. The van der Waals surface area contributed by atoms with E-state index < -0.39 is 0 Å². The Morgan fingerprint density at radius 1 is 1.18 bits per heavy atom. The molecule has 1 aliphatic heterocycles. The first-order valence-electron chi connectivity index (χ1n) is 10.4. The van der Waals surface area contributed by atoms with Gasteiger partial charge in [-0.25, -0.2) is 0 Å². The lowest BCUT2D eigenvalue weighted by Gasteiger charge is -2.28. The lowest BCUT2D eigenvalue weighted by Crippen LogP contribution is -2.29. The number of carbonyl (C=O) groups is 1. The summed E-state index contributed by atoms with van der Waals surface area (Å²) in [6.07, 6.45) is 6.25. The molecule has 1 atom stereocenters. The Hall–Kier alpha value is -2.02. The summed E-state index contributed by atoms with van der Waals surface area (Å²) in [7, 11) is 0. The molecule has 150 valence electrons. The summed E-state index contributed by atoms with van der Waals surface area (Å²) in [5.41, 5.74) is 2.08. The van der Waals surface area contributed by atoms with Crippen LogP contribution in [0.3, 0.4) is 0 Å². The fourth-order valence-corrected chi connectivity index (χ4v) is 4.61. The van der Waals surface area contributed by atoms with Crippen LogP contribution >= 0.6 is 11.8 Å². The Morgan fingerprint density at radius 3 is 2.54 bits per heavy atom.